The second-order valence-corrected chi connectivity index (χ2v) is 5.40. The average Bonchev–Trinajstić information content (AvgIpc) is 2.51. The molecule has 1 aliphatic heterocycles. The molecular formula is C16H21FN2O2. The van der Waals surface area contributed by atoms with Gasteiger partial charge in [0.05, 0.1) is 6.67 Å². The van der Waals surface area contributed by atoms with Crippen LogP contribution in [-0.2, 0) is 15.1 Å². The van der Waals surface area contributed by atoms with E-state index in [9.17, 15) is 14.0 Å². The van der Waals surface area contributed by atoms with Crippen LogP contribution in [-0.4, -0.2) is 36.0 Å². The summed E-state index contributed by atoms with van der Waals surface area (Å²) in [5.41, 5.74) is -0.344. The first kappa shape index (κ1) is 15.5. The van der Waals surface area contributed by atoms with Crippen LogP contribution in [0.1, 0.15) is 32.3 Å². The molecule has 2 atom stereocenters. The summed E-state index contributed by atoms with van der Waals surface area (Å²) in [6.07, 6.45) is 0.763. The third-order valence-corrected chi connectivity index (χ3v) is 4.11. The molecular weight excluding hydrogens is 271 g/mol. The first-order valence-electron chi connectivity index (χ1n) is 7.29. The van der Waals surface area contributed by atoms with Gasteiger partial charge in [-0.25, -0.2) is 0 Å². The van der Waals surface area contributed by atoms with Crippen LogP contribution in [0.3, 0.4) is 0 Å². The van der Waals surface area contributed by atoms with Crippen LogP contribution < -0.4 is 5.32 Å². The Morgan fingerprint density at radius 3 is 2.52 bits per heavy atom. The number of alkyl halides is 1. The van der Waals surface area contributed by atoms with Crippen molar-refractivity contribution < 1.29 is 14.0 Å². The minimum Gasteiger partial charge on any atom is -0.342 e. The lowest BCUT2D eigenvalue weighted by Gasteiger charge is -2.46. The second kappa shape index (κ2) is 6.24. The van der Waals surface area contributed by atoms with Gasteiger partial charge >= 0.3 is 0 Å². The normalized spacial score (nSPS) is 25.9. The Bertz CT molecular complexity index is 520. The predicted molar refractivity (Wildman–Crippen MR) is 78.3 cm³/mol. The molecule has 0 bridgehead atoms. The minimum absolute atomic E-state index is 0.142. The van der Waals surface area contributed by atoms with Crippen molar-refractivity contribution in [2.75, 3.05) is 13.2 Å². The Balaban J connectivity index is 2.44. The van der Waals surface area contributed by atoms with Gasteiger partial charge in [0.25, 0.3) is 5.91 Å². The van der Waals surface area contributed by atoms with E-state index >= 15 is 0 Å². The largest absolute Gasteiger partial charge is 0.342 e. The van der Waals surface area contributed by atoms with Gasteiger partial charge in [-0.3, -0.25) is 14.0 Å². The summed E-state index contributed by atoms with van der Waals surface area (Å²) in [4.78, 5) is 26.7. The summed E-state index contributed by atoms with van der Waals surface area (Å²) in [7, 11) is 0. The summed E-state index contributed by atoms with van der Waals surface area (Å²) in [6.45, 7) is 3.30. The number of carbonyl (C=O) groups is 2. The molecule has 21 heavy (non-hydrogen) atoms. The molecule has 4 nitrogen and oxygen atoms in total. The number of carbonyl (C=O) groups excluding carboxylic acids is 2. The molecule has 0 aliphatic carbocycles. The highest BCUT2D eigenvalue weighted by Gasteiger charge is 2.49. The summed E-state index contributed by atoms with van der Waals surface area (Å²) < 4.78 is 12.6. The molecule has 1 heterocycles. The molecule has 0 spiro atoms. The number of benzene rings is 1. The zero-order valence-corrected chi connectivity index (χ0v) is 12.4. The number of nitrogens with zero attached hydrogens (tertiary/aromatic N) is 1. The number of hydrogen-bond donors (Lipinski definition) is 1. The summed E-state index contributed by atoms with van der Waals surface area (Å²) in [5.74, 6) is -0.351. The quantitative estimate of drug-likeness (QED) is 0.902. The number of halogens is 1. The van der Waals surface area contributed by atoms with Gasteiger partial charge in [0, 0.05) is 6.54 Å². The number of hydrogen-bond acceptors (Lipinski definition) is 2. The van der Waals surface area contributed by atoms with Gasteiger partial charge in [0.1, 0.15) is 11.6 Å². The van der Waals surface area contributed by atoms with Crippen molar-refractivity contribution in [1.82, 2.24) is 10.2 Å². The monoisotopic (exact) mass is 292 g/mol. The van der Waals surface area contributed by atoms with Crippen LogP contribution in [0.25, 0.3) is 0 Å². The van der Waals surface area contributed by atoms with Crippen molar-refractivity contribution >= 4 is 11.8 Å². The van der Waals surface area contributed by atoms with E-state index in [2.05, 4.69) is 5.32 Å². The number of rotatable bonds is 5. The van der Waals surface area contributed by atoms with E-state index in [1.54, 1.807) is 6.92 Å². The highest BCUT2D eigenvalue weighted by atomic mass is 19.1. The number of piperazine rings is 1. The highest BCUT2D eigenvalue weighted by Crippen LogP contribution is 2.32. The molecule has 1 N–H and O–H groups in total. The summed E-state index contributed by atoms with van der Waals surface area (Å²) in [6, 6.07) is 8.64. The van der Waals surface area contributed by atoms with E-state index in [4.69, 9.17) is 0 Å². The first-order valence-corrected chi connectivity index (χ1v) is 7.29. The first-order chi connectivity index (χ1) is 10.1. The lowest BCUT2D eigenvalue weighted by molar-refractivity contribution is -0.157. The standard InChI is InChI=1S/C16H21FN2O2/c1-3-13-14(20)19(11-7-10-17)16(2,15(21)18-13)12-8-5-4-6-9-12/h4-6,8-9,13H,3,7,10-11H2,1-2H3,(H,18,21). The average molecular weight is 292 g/mol. The molecule has 0 saturated carbocycles. The number of nitrogens with one attached hydrogen (secondary N) is 1. The molecule has 1 fully saturated rings. The van der Waals surface area contributed by atoms with E-state index in [1.807, 2.05) is 37.3 Å². The fraction of sp³-hybridized carbons (Fsp3) is 0.500. The lowest BCUT2D eigenvalue weighted by Crippen LogP contribution is -2.67. The van der Waals surface area contributed by atoms with E-state index < -0.39 is 18.3 Å². The van der Waals surface area contributed by atoms with Crippen molar-refractivity contribution in [2.45, 2.75) is 38.3 Å². The zero-order valence-electron chi connectivity index (χ0n) is 12.4. The van der Waals surface area contributed by atoms with Gasteiger partial charge in [0.15, 0.2) is 0 Å². The predicted octanol–water partition coefficient (Wildman–Crippen LogP) is 2.00. The Hall–Kier alpha value is -1.91. The molecule has 2 rings (SSSR count). The molecule has 1 aromatic rings. The summed E-state index contributed by atoms with van der Waals surface area (Å²) in [5, 5.41) is 2.79. The second-order valence-electron chi connectivity index (χ2n) is 5.40. The lowest BCUT2D eigenvalue weighted by atomic mass is 9.85. The van der Waals surface area contributed by atoms with Gasteiger partial charge in [-0.2, -0.15) is 0 Å². The Kier molecular flexibility index (Phi) is 4.60. The van der Waals surface area contributed by atoms with Crippen LogP contribution in [0.2, 0.25) is 0 Å². The maximum atomic E-state index is 12.6. The van der Waals surface area contributed by atoms with Gasteiger partial charge in [-0.1, -0.05) is 37.3 Å². The van der Waals surface area contributed by atoms with Gasteiger partial charge in [-0.15, -0.1) is 0 Å². The fourth-order valence-electron chi connectivity index (χ4n) is 2.77. The number of amides is 2. The van der Waals surface area contributed by atoms with Crippen molar-refractivity contribution in [3.63, 3.8) is 0 Å². The van der Waals surface area contributed by atoms with Crippen molar-refractivity contribution in [1.29, 1.82) is 0 Å². The summed E-state index contributed by atoms with van der Waals surface area (Å²) >= 11 is 0. The molecule has 114 valence electrons. The molecule has 0 aromatic heterocycles. The Labute approximate surface area is 124 Å². The van der Waals surface area contributed by atoms with E-state index in [0.717, 1.165) is 5.56 Å². The molecule has 5 heteroatoms. The van der Waals surface area contributed by atoms with Crippen LogP contribution in [0.15, 0.2) is 30.3 Å². The zero-order chi connectivity index (χ0) is 15.5. The SMILES string of the molecule is CCC1NC(=O)C(C)(c2ccccc2)N(CCCF)C1=O. The fourth-order valence-corrected chi connectivity index (χ4v) is 2.77. The third kappa shape index (κ3) is 2.64. The van der Waals surface area contributed by atoms with Crippen molar-refractivity contribution in [3.8, 4) is 0 Å². The van der Waals surface area contributed by atoms with E-state index in [1.165, 1.54) is 4.90 Å². The molecule has 1 aromatic carbocycles. The van der Waals surface area contributed by atoms with Crippen LogP contribution in [0.5, 0.6) is 0 Å². The maximum absolute atomic E-state index is 12.6. The topological polar surface area (TPSA) is 49.4 Å². The molecule has 1 aliphatic rings. The van der Waals surface area contributed by atoms with Crippen LogP contribution >= 0.6 is 0 Å². The van der Waals surface area contributed by atoms with E-state index in [-0.39, 0.29) is 24.8 Å². The highest BCUT2D eigenvalue weighted by molar-refractivity contribution is 6.00. The molecule has 2 amide bonds. The smallest absolute Gasteiger partial charge is 0.251 e. The Morgan fingerprint density at radius 2 is 1.95 bits per heavy atom. The van der Waals surface area contributed by atoms with Crippen LogP contribution in [0.4, 0.5) is 4.39 Å². The third-order valence-electron chi connectivity index (χ3n) is 4.11. The van der Waals surface area contributed by atoms with Gasteiger partial charge in [0.2, 0.25) is 5.91 Å². The molecule has 0 radical (unpaired) electrons. The van der Waals surface area contributed by atoms with Gasteiger partial charge < -0.3 is 10.2 Å². The minimum atomic E-state index is -1.08. The maximum Gasteiger partial charge on any atom is 0.251 e. The van der Waals surface area contributed by atoms with Crippen molar-refractivity contribution in [3.05, 3.63) is 35.9 Å². The molecule has 1 saturated heterocycles. The molecule has 2 unspecified atom stereocenters. The van der Waals surface area contributed by atoms with E-state index in [0.29, 0.717) is 6.42 Å². The van der Waals surface area contributed by atoms with Crippen molar-refractivity contribution in [2.24, 2.45) is 0 Å². The van der Waals surface area contributed by atoms with Gasteiger partial charge in [-0.05, 0) is 25.3 Å². The Morgan fingerprint density at radius 1 is 1.29 bits per heavy atom. The van der Waals surface area contributed by atoms with Crippen LogP contribution in [0, 0.1) is 0 Å².